The van der Waals surface area contributed by atoms with Crippen LogP contribution in [0.2, 0.25) is 0 Å². The number of hydrogen-bond donors (Lipinski definition) is 2. The number of aryl methyl sites for hydroxylation is 1. The Morgan fingerprint density at radius 1 is 1.41 bits per heavy atom. The van der Waals surface area contributed by atoms with Crippen LogP contribution in [0.15, 0.2) is 24.3 Å². The summed E-state index contributed by atoms with van der Waals surface area (Å²) < 4.78 is 6.31. The molecule has 0 bridgehead atoms. The number of nitrogens with one attached hydrogen (secondary N) is 1. The molecule has 1 fully saturated rings. The lowest BCUT2D eigenvalue weighted by Crippen LogP contribution is -2.46. The molecule has 2 N–H and O–H groups in total. The van der Waals surface area contributed by atoms with Crippen molar-refractivity contribution < 1.29 is 14.6 Å². The zero-order chi connectivity index (χ0) is 18.9. The first-order chi connectivity index (χ1) is 13.1. The lowest BCUT2D eigenvalue weighted by atomic mass is 9.85. The monoisotopic (exact) mass is 387 g/mol. The Morgan fingerprint density at radius 2 is 2.22 bits per heavy atom. The molecule has 1 spiro atoms. The van der Waals surface area contributed by atoms with Crippen LogP contribution >= 0.6 is 11.3 Å². The van der Waals surface area contributed by atoms with Gasteiger partial charge >= 0.3 is 0 Å². The summed E-state index contributed by atoms with van der Waals surface area (Å²) in [6, 6.07) is 8.13. The first kappa shape index (κ1) is 18.4. The van der Waals surface area contributed by atoms with Crippen LogP contribution in [-0.2, 0) is 16.8 Å². The van der Waals surface area contributed by atoms with Crippen LogP contribution in [0.5, 0.6) is 0 Å². The van der Waals surface area contributed by atoms with E-state index in [0.29, 0.717) is 11.5 Å². The van der Waals surface area contributed by atoms with Gasteiger partial charge < -0.3 is 20.1 Å². The summed E-state index contributed by atoms with van der Waals surface area (Å²) in [4.78, 5) is 21.2. The second-order valence-electron chi connectivity index (χ2n) is 7.16. The van der Waals surface area contributed by atoms with Crippen molar-refractivity contribution in [1.29, 1.82) is 0 Å². The van der Waals surface area contributed by atoms with Crippen LogP contribution in [-0.4, -0.2) is 48.8 Å². The highest BCUT2D eigenvalue weighted by Gasteiger charge is 2.43. The van der Waals surface area contributed by atoms with Gasteiger partial charge in [0.05, 0.1) is 18.1 Å². The van der Waals surface area contributed by atoms with E-state index in [2.05, 4.69) is 21.3 Å². The van der Waals surface area contributed by atoms with E-state index >= 15 is 0 Å². The maximum atomic E-state index is 12.3. The molecule has 0 atom stereocenters. The van der Waals surface area contributed by atoms with E-state index < -0.39 is 0 Å². The summed E-state index contributed by atoms with van der Waals surface area (Å²) in [5.41, 5.74) is 1.98. The minimum Gasteiger partial charge on any atom is -0.395 e. The predicted octanol–water partition coefficient (Wildman–Crippen LogP) is 2.24. The number of aromatic nitrogens is 1. The SMILES string of the molecule is Cc1cccc(N2CCC3(CC2)OCCc2cc(C(=O)NCCO)sc23)n1. The lowest BCUT2D eigenvalue weighted by Gasteiger charge is -2.44. The second-order valence-corrected chi connectivity index (χ2v) is 8.21. The number of fused-ring (bicyclic) bond motifs is 2. The van der Waals surface area contributed by atoms with Crippen LogP contribution in [0, 0.1) is 6.92 Å². The molecule has 27 heavy (non-hydrogen) atoms. The number of rotatable bonds is 4. The number of hydrogen-bond acceptors (Lipinski definition) is 6. The van der Waals surface area contributed by atoms with E-state index in [-0.39, 0.29) is 24.7 Å². The molecular weight excluding hydrogens is 362 g/mol. The molecule has 1 amide bonds. The van der Waals surface area contributed by atoms with E-state index in [0.717, 1.165) is 43.9 Å². The van der Waals surface area contributed by atoms with Gasteiger partial charge in [0.15, 0.2) is 0 Å². The number of ether oxygens (including phenoxy) is 1. The fourth-order valence-electron chi connectivity index (χ4n) is 3.96. The van der Waals surface area contributed by atoms with Gasteiger partial charge in [-0.2, -0.15) is 0 Å². The summed E-state index contributed by atoms with van der Waals surface area (Å²) in [6.45, 7) is 4.72. The average Bonchev–Trinajstić information content (AvgIpc) is 3.13. The highest BCUT2D eigenvalue weighted by atomic mass is 32.1. The first-order valence-electron chi connectivity index (χ1n) is 9.46. The zero-order valence-electron chi connectivity index (χ0n) is 15.5. The molecule has 4 rings (SSSR count). The van der Waals surface area contributed by atoms with Gasteiger partial charge in [0.25, 0.3) is 5.91 Å². The highest BCUT2D eigenvalue weighted by molar-refractivity contribution is 7.14. The summed E-state index contributed by atoms with van der Waals surface area (Å²) in [7, 11) is 0. The van der Waals surface area contributed by atoms with Gasteiger partial charge in [0.2, 0.25) is 0 Å². The van der Waals surface area contributed by atoms with Crippen molar-refractivity contribution in [2.45, 2.75) is 31.8 Å². The predicted molar refractivity (Wildman–Crippen MR) is 105 cm³/mol. The number of anilines is 1. The van der Waals surface area contributed by atoms with E-state index in [1.807, 2.05) is 25.1 Å². The van der Waals surface area contributed by atoms with Gasteiger partial charge in [0.1, 0.15) is 11.4 Å². The number of nitrogens with zero attached hydrogens (tertiary/aromatic N) is 2. The Balaban J connectivity index is 1.53. The molecule has 0 unspecified atom stereocenters. The highest BCUT2D eigenvalue weighted by Crippen LogP contribution is 2.45. The number of thiophene rings is 1. The molecule has 2 aromatic heterocycles. The Labute approximate surface area is 163 Å². The number of piperidine rings is 1. The Kier molecular flexibility index (Phi) is 5.16. The minimum atomic E-state index is -0.284. The number of aliphatic hydroxyl groups is 1. The fraction of sp³-hybridized carbons (Fsp3) is 0.500. The molecule has 0 aromatic carbocycles. The van der Waals surface area contributed by atoms with Crippen molar-refractivity contribution >= 4 is 23.1 Å². The number of carbonyl (C=O) groups excluding carboxylic acids is 1. The molecule has 4 heterocycles. The van der Waals surface area contributed by atoms with Crippen molar-refractivity contribution in [2.75, 3.05) is 37.7 Å². The lowest BCUT2D eigenvalue weighted by molar-refractivity contribution is -0.0735. The summed E-state index contributed by atoms with van der Waals surface area (Å²) in [5, 5.41) is 11.7. The van der Waals surface area contributed by atoms with Crippen LogP contribution < -0.4 is 10.2 Å². The van der Waals surface area contributed by atoms with Crippen LogP contribution in [0.1, 0.15) is 38.6 Å². The third-order valence-corrected chi connectivity index (χ3v) is 6.72. The molecule has 0 radical (unpaired) electrons. The molecule has 0 saturated carbocycles. The van der Waals surface area contributed by atoms with Crippen molar-refractivity contribution in [3.8, 4) is 0 Å². The summed E-state index contributed by atoms with van der Waals surface area (Å²) in [5.74, 6) is 0.913. The molecule has 6 nitrogen and oxygen atoms in total. The molecule has 2 aliphatic rings. The van der Waals surface area contributed by atoms with Gasteiger partial charge in [-0.1, -0.05) is 6.07 Å². The fourth-order valence-corrected chi connectivity index (χ4v) is 5.29. The maximum absolute atomic E-state index is 12.3. The molecule has 7 heteroatoms. The van der Waals surface area contributed by atoms with Crippen molar-refractivity contribution in [3.05, 3.63) is 45.3 Å². The average molecular weight is 388 g/mol. The van der Waals surface area contributed by atoms with Gasteiger partial charge in [0, 0.05) is 30.2 Å². The van der Waals surface area contributed by atoms with Gasteiger partial charge in [-0.15, -0.1) is 11.3 Å². The van der Waals surface area contributed by atoms with Crippen molar-refractivity contribution in [2.24, 2.45) is 0 Å². The Morgan fingerprint density at radius 3 is 2.96 bits per heavy atom. The third kappa shape index (κ3) is 3.59. The van der Waals surface area contributed by atoms with Crippen LogP contribution in [0.4, 0.5) is 5.82 Å². The minimum absolute atomic E-state index is 0.0489. The second kappa shape index (κ2) is 7.58. The molecule has 0 aliphatic carbocycles. The molecule has 2 aliphatic heterocycles. The van der Waals surface area contributed by atoms with E-state index in [1.165, 1.54) is 10.4 Å². The number of aliphatic hydroxyl groups excluding tert-OH is 1. The van der Waals surface area contributed by atoms with E-state index in [1.54, 1.807) is 11.3 Å². The zero-order valence-corrected chi connectivity index (χ0v) is 16.3. The number of carbonyl (C=O) groups is 1. The standard InChI is InChI=1S/C20H25N3O3S/c1-14-3-2-4-17(22-14)23-9-6-20(7-10-23)18-15(5-12-26-20)13-16(27-18)19(25)21-8-11-24/h2-4,13,24H,5-12H2,1H3,(H,21,25). The van der Waals surface area contributed by atoms with E-state index in [9.17, 15) is 4.79 Å². The maximum Gasteiger partial charge on any atom is 0.261 e. The smallest absolute Gasteiger partial charge is 0.261 e. The van der Waals surface area contributed by atoms with Gasteiger partial charge in [-0.05, 0) is 49.9 Å². The Hall–Kier alpha value is -1.96. The van der Waals surface area contributed by atoms with E-state index in [4.69, 9.17) is 9.84 Å². The van der Waals surface area contributed by atoms with Crippen molar-refractivity contribution in [3.63, 3.8) is 0 Å². The topological polar surface area (TPSA) is 74.7 Å². The number of amides is 1. The number of pyridine rings is 1. The molecular formula is C20H25N3O3S. The van der Waals surface area contributed by atoms with Gasteiger partial charge in [-0.3, -0.25) is 4.79 Å². The third-order valence-electron chi connectivity index (χ3n) is 5.36. The molecule has 144 valence electrons. The largest absolute Gasteiger partial charge is 0.395 e. The molecule has 2 aromatic rings. The van der Waals surface area contributed by atoms with Crippen LogP contribution in [0.25, 0.3) is 0 Å². The first-order valence-corrected chi connectivity index (χ1v) is 10.3. The Bertz CT molecular complexity index is 828. The van der Waals surface area contributed by atoms with Crippen molar-refractivity contribution in [1.82, 2.24) is 10.3 Å². The summed E-state index contributed by atoms with van der Waals surface area (Å²) in [6.07, 6.45) is 2.64. The van der Waals surface area contributed by atoms with Crippen LogP contribution in [0.3, 0.4) is 0 Å². The quantitative estimate of drug-likeness (QED) is 0.842. The normalized spacial score (nSPS) is 18.4. The molecule has 1 saturated heterocycles. The van der Waals surface area contributed by atoms with Gasteiger partial charge in [-0.25, -0.2) is 4.98 Å². The summed E-state index contributed by atoms with van der Waals surface area (Å²) >= 11 is 1.55.